The van der Waals surface area contributed by atoms with E-state index in [1.165, 1.54) is 16.7 Å². The van der Waals surface area contributed by atoms with E-state index in [1.54, 1.807) is 6.26 Å². The Hall–Kier alpha value is -1.54. The van der Waals surface area contributed by atoms with Crippen LogP contribution in [0.2, 0.25) is 0 Å². The predicted octanol–water partition coefficient (Wildman–Crippen LogP) is 3.25. The maximum atomic E-state index is 6.27. The number of nitrogens with two attached hydrogens (primary N) is 1. The highest BCUT2D eigenvalue weighted by molar-refractivity contribution is 5.39. The minimum absolute atomic E-state index is 0.0985. The van der Waals surface area contributed by atoms with Crippen molar-refractivity contribution in [2.75, 3.05) is 0 Å². The summed E-state index contributed by atoms with van der Waals surface area (Å²) in [5.41, 5.74) is 11.0. The molecule has 1 atom stereocenters. The van der Waals surface area contributed by atoms with E-state index in [4.69, 9.17) is 10.2 Å². The first-order valence-electron chi connectivity index (χ1n) is 5.46. The molecule has 0 spiro atoms. The average molecular weight is 215 g/mol. The molecule has 0 aliphatic heterocycles. The maximum absolute atomic E-state index is 6.27. The van der Waals surface area contributed by atoms with Crippen LogP contribution in [0.5, 0.6) is 0 Å². The molecular weight excluding hydrogens is 198 g/mol. The Kier molecular flexibility index (Phi) is 2.84. The molecule has 1 aromatic heterocycles. The summed E-state index contributed by atoms with van der Waals surface area (Å²) in [6.45, 7) is 6.11. The van der Waals surface area contributed by atoms with Crippen molar-refractivity contribution in [1.29, 1.82) is 0 Å². The topological polar surface area (TPSA) is 39.2 Å². The Morgan fingerprint density at radius 1 is 1.06 bits per heavy atom. The van der Waals surface area contributed by atoms with Crippen LogP contribution in [0.15, 0.2) is 34.9 Å². The van der Waals surface area contributed by atoms with Crippen LogP contribution in [0.4, 0.5) is 0 Å². The van der Waals surface area contributed by atoms with Gasteiger partial charge in [0.15, 0.2) is 0 Å². The van der Waals surface area contributed by atoms with Gasteiger partial charge in [-0.1, -0.05) is 23.8 Å². The van der Waals surface area contributed by atoms with Gasteiger partial charge in [0, 0.05) is 5.56 Å². The molecule has 0 saturated carbocycles. The van der Waals surface area contributed by atoms with Gasteiger partial charge in [0.25, 0.3) is 0 Å². The lowest BCUT2D eigenvalue weighted by Crippen LogP contribution is -2.13. The summed E-state index contributed by atoms with van der Waals surface area (Å²) in [5.74, 6) is 0.897. The SMILES string of the molecule is Cc1ccc(C)c(C(N)c2ccoc2C)c1. The number of furan rings is 1. The van der Waals surface area contributed by atoms with E-state index in [9.17, 15) is 0 Å². The van der Waals surface area contributed by atoms with E-state index in [1.807, 2.05) is 13.0 Å². The molecule has 1 unspecified atom stereocenters. The minimum Gasteiger partial charge on any atom is -0.469 e. The fourth-order valence-electron chi connectivity index (χ4n) is 1.98. The number of aryl methyl sites for hydroxylation is 3. The molecule has 2 nitrogen and oxygen atoms in total. The Labute approximate surface area is 96.1 Å². The van der Waals surface area contributed by atoms with Crippen LogP contribution in [-0.4, -0.2) is 0 Å². The molecule has 2 heteroatoms. The molecule has 1 aromatic carbocycles. The smallest absolute Gasteiger partial charge is 0.105 e. The summed E-state index contributed by atoms with van der Waals surface area (Å²) < 4.78 is 5.30. The summed E-state index contributed by atoms with van der Waals surface area (Å²) in [7, 11) is 0. The Morgan fingerprint density at radius 3 is 2.44 bits per heavy atom. The van der Waals surface area contributed by atoms with E-state index in [0.717, 1.165) is 11.3 Å². The summed E-state index contributed by atoms with van der Waals surface area (Å²) in [6, 6.07) is 8.21. The van der Waals surface area contributed by atoms with Gasteiger partial charge in [-0.2, -0.15) is 0 Å². The third kappa shape index (κ3) is 1.89. The fraction of sp³-hybridized carbons (Fsp3) is 0.286. The lowest BCUT2D eigenvalue weighted by Gasteiger charge is -2.15. The summed E-state index contributed by atoms with van der Waals surface area (Å²) in [4.78, 5) is 0. The molecule has 2 rings (SSSR count). The number of rotatable bonds is 2. The lowest BCUT2D eigenvalue weighted by atomic mass is 9.95. The third-order valence-corrected chi connectivity index (χ3v) is 3.00. The second-order valence-corrected chi connectivity index (χ2v) is 4.27. The Morgan fingerprint density at radius 2 is 1.81 bits per heavy atom. The van der Waals surface area contributed by atoms with Crippen LogP contribution < -0.4 is 5.73 Å². The van der Waals surface area contributed by atoms with Gasteiger partial charge >= 0.3 is 0 Å². The summed E-state index contributed by atoms with van der Waals surface area (Å²) in [6.07, 6.45) is 1.69. The van der Waals surface area contributed by atoms with Gasteiger partial charge in [0.05, 0.1) is 12.3 Å². The Bertz CT molecular complexity index is 499. The number of hydrogen-bond donors (Lipinski definition) is 1. The van der Waals surface area contributed by atoms with E-state index >= 15 is 0 Å². The van der Waals surface area contributed by atoms with Crippen LogP contribution in [-0.2, 0) is 0 Å². The Balaban J connectivity index is 2.45. The van der Waals surface area contributed by atoms with Gasteiger partial charge in [-0.15, -0.1) is 0 Å². The highest BCUT2D eigenvalue weighted by atomic mass is 16.3. The van der Waals surface area contributed by atoms with Gasteiger partial charge < -0.3 is 10.2 Å². The second kappa shape index (κ2) is 4.14. The first kappa shape index (κ1) is 11.0. The van der Waals surface area contributed by atoms with E-state index in [2.05, 4.69) is 32.0 Å². The molecule has 84 valence electrons. The molecule has 0 fully saturated rings. The van der Waals surface area contributed by atoms with Crippen LogP contribution in [0.1, 0.15) is 34.1 Å². The van der Waals surface area contributed by atoms with Crippen LogP contribution in [0.3, 0.4) is 0 Å². The standard InChI is InChI=1S/C14H17NO/c1-9-4-5-10(2)13(8-9)14(15)12-6-7-16-11(12)3/h4-8,14H,15H2,1-3H3. The van der Waals surface area contributed by atoms with E-state index in [0.29, 0.717) is 0 Å². The molecule has 2 N–H and O–H groups in total. The van der Waals surface area contributed by atoms with Gasteiger partial charge in [0.1, 0.15) is 5.76 Å². The van der Waals surface area contributed by atoms with Gasteiger partial charge in [-0.3, -0.25) is 0 Å². The van der Waals surface area contributed by atoms with Crippen LogP contribution in [0, 0.1) is 20.8 Å². The number of benzene rings is 1. The van der Waals surface area contributed by atoms with Crippen LogP contribution in [0.25, 0.3) is 0 Å². The molecule has 0 radical (unpaired) electrons. The monoisotopic (exact) mass is 215 g/mol. The average Bonchev–Trinajstić information content (AvgIpc) is 2.67. The normalized spacial score (nSPS) is 12.8. The fourth-order valence-corrected chi connectivity index (χ4v) is 1.98. The van der Waals surface area contributed by atoms with Crippen molar-refractivity contribution >= 4 is 0 Å². The minimum atomic E-state index is -0.0985. The first-order valence-corrected chi connectivity index (χ1v) is 5.46. The zero-order chi connectivity index (χ0) is 11.7. The van der Waals surface area contributed by atoms with Gasteiger partial charge in [-0.25, -0.2) is 0 Å². The van der Waals surface area contributed by atoms with Crippen molar-refractivity contribution < 1.29 is 4.42 Å². The molecule has 16 heavy (non-hydrogen) atoms. The highest BCUT2D eigenvalue weighted by Crippen LogP contribution is 2.26. The number of hydrogen-bond acceptors (Lipinski definition) is 2. The van der Waals surface area contributed by atoms with Crippen molar-refractivity contribution in [3.05, 3.63) is 58.5 Å². The largest absolute Gasteiger partial charge is 0.469 e. The maximum Gasteiger partial charge on any atom is 0.105 e. The van der Waals surface area contributed by atoms with Crippen LogP contribution >= 0.6 is 0 Å². The molecule has 0 bridgehead atoms. The molecular formula is C14H17NO. The molecule has 0 saturated heterocycles. The zero-order valence-corrected chi connectivity index (χ0v) is 9.95. The molecule has 0 amide bonds. The summed E-state index contributed by atoms with van der Waals surface area (Å²) in [5, 5.41) is 0. The van der Waals surface area contributed by atoms with Gasteiger partial charge in [-0.05, 0) is 38.0 Å². The second-order valence-electron chi connectivity index (χ2n) is 4.27. The molecule has 0 aliphatic carbocycles. The molecule has 2 aromatic rings. The van der Waals surface area contributed by atoms with Crippen molar-refractivity contribution in [1.82, 2.24) is 0 Å². The van der Waals surface area contributed by atoms with Crippen molar-refractivity contribution in [3.8, 4) is 0 Å². The highest BCUT2D eigenvalue weighted by Gasteiger charge is 2.15. The van der Waals surface area contributed by atoms with Crippen molar-refractivity contribution in [2.24, 2.45) is 5.73 Å². The first-order chi connectivity index (χ1) is 7.59. The van der Waals surface area contributed by atoms with Crippen molar-refractivity contribution in [2.45, 2.75) is 26.8 Å². The van der Waals surface area contributed by atoms with E-state index < -0.39 is 0 Å². The summed E-state index contributed by atoms with van der Waals surface area (Å²) >= 11 is 0. The zero-order valence-electron chi connectivity index (χ0n) is 9.95. The predicted molar refractivity (Wildman–Crippen MR) is 65.4 cm³/mol. The quantitative estimate of drug-likeness (QED) is 0.835. The van der Waals surface area contributed by atoms with Gasteiger partial charge in [0.2, 0.25) is 0 Å². The molecule has 0 aliphatic rings. The van der Waals surface area contributed by atoms with Crippen molar-refractivity contribution in [3.63, 3.8) is 0 Å². The van der Waals surface area contributed by atoms with E-state index in [-0.39, 0.29) is 6.04 Å². The lowest BCUT2D eigenvalue weighted by molar-refractivity contribution is 0.527. The molecule has 1 heterocycles. The third-order valence-electron chi connectivity index (χ3n) is 3.00.